The molecule has 0 fully saturated rings. The van der Waals surface area contributed by atoms with Crippen molar-refractivity contribution in [3.05, 3.63) is 339 Å². The molecule has 0 saturated carbocycles. The highest BCUT2D eigenvalue weighted by atomic mass is 15.1. The molecule has 0 saturated heterocycles. The summed E-state index contributed by atoms with van der Waals surface area (Å²) in [6.07, 6.45) is 0. The van der Waals surface area contributed by atoms with Gasteiger partial charge in [-0.05, 0) is 194 Å². The average molecular weight is 1160 g/mol. The van der Waals surface area contributed by atoms with Crippen LogP contribution >= 0.6 is 0 Å². The lowest BCUT2D eigenvalue weighted by molar-refractivity contribution is 0.660. The molecular weight excluding hydrogens is 1100 g/mol. The van der Waals surface area contributed by atoms with Gasteiger partial charge in [0.25, 0.3) is 0 Å². The summed E-state index contributed by atoms with van der Waals surface area (Å²) in [5.74, 6) is 0. The van der Waals surface area contributed by atoms with Crippen LogP contribution in [0.1, 0.15) is 25.0 Å². The lowest BCUT2D eigenvalue weighted by Crippen LogP contribution is -2.16. The number of aromatic nitrogens is 3. The monoisotopic (exact) mass is 1160 g/mol. The largest absolute Gasteiger partial charge is 0.310 e. The predicted molar refractivity (Wildman–Crippen MR) is 383 cm³/mol. The minimum absolute atomic E-state index is 0.274. The number of para-hydroxylation sites is 6. The molecule has 18 rings (SSSR count). The summed E-state index contributed by atoms with van der Waals surface area (Å²) in [5, 5.41) is 7.51. The Morgan fingerprint density at radius 3 is 1.02 bits per heavy atom. The van der Waals surface area contributed by atoms with Gasteiger partial charge in [-0.25, -0.2) is 0 Å². The highest BCUT2D eigenvalue weighted by Gasteiger charge is 2.36. The van der Waals surface area contributed by atoms with Crippen LogP contribution in [-0.4, -0.2) is 13.7 Å². The summed E-state index contributed by atoms with van der Waals surface area (Å²) in [4.78, 5) is 2.43. The van der Waals surface area contributed by atoms with Crippen molar-refractivity contribution in [3.63, 3.8) is 0 Å². The third kappa shape index (κ3) is 8.44. The first-order chi connectivity index (χ1) is 44.9. The Morgan fingerprint density at radius 1 is 0.220 bits per heavy atom. The van der Waals surface area contributed by atoms with Gasteiger partial charge in [0.05, 0.1) is 33.1 Å². The zero-order chi connectivity index (χ0) is 60.3. The van der Waals surface area contributed by atoms with Crippen LogP contribution in [-0.2, 0) is 5.41 Å². The van der Waals surface area contributed by atoms with Gasteiger partial charge in [-0.2, -0.15) is 0 Å². The number of rotatable bonds is 10. The van der Waals surface area contributed by atoms with E-state index in [0.717, 1.165) is 34.0 Å². The molecule has 428 valence electrons. The number of fused-ring (bicyclic) bond motifs is 12. The summed E-state index contributed by atoms with van der Waals surface area (Å²) in [6.45, 7) is 4.80. The minimum atomic E-state index is -0.274. The highest BCUT2D eigenvalue weighted by molar-refractivity contribution is 6.13. The summed E-state index contributed by atoms with van der Waals surface area (Å²) in [5.41, 5.74) is 28.5. The van der Waals surface area contributed by atoms with E-state index in [4.69, 9.17) is 0 Å². The predicted octanol–water partition coefficient (Wildman–Crippen LogP) is 23.4. The molecule has 0 unspecified atom stereocenters. The molecule has 1 aliphatic carbocycles. The summed E-state index contributed by atoms with van der Waals surface area (Å²) < 4.78 is 7.16. The normalized spacial score (nSPS) is 12.6. The molecule has 91 heavy (non-hydrogen) atoms. The van der Waals surface area contributed by atoms with Crippen LogP contribution in [0.5, 0.6) is 0 Å². The molecule has 0 N–H and O–H groups in total. The highest BCUT2D eigenvalue weighted by Crippen LogP contribution is 2.52. The van der Waals surface area contributed by atoms with E-state index >= 15 is 0 Å². The quantitative estimate of drug-likeness (QED) is 0.133. The number of benzene rings is 14. The van der Waals surface area contributed by atoms with E-state index in [9.17, 15) is 0 Å². The van der Waals surface area contributed by atoms with Crippen LogP contribution < -0.4 is 4.90 Å². The second-order valence-corrected chi connectivity index (χ2v) is 24.9. The second-order valence-electron chi connectivity index (χ2n) is 24.9. The van der Waals surface area contributed by atoms with Gasteiger partial charge in [0.2, 0.25) is 0 Å². The molecule has 17 aromatic rings. The van der Waals surface area contributed by atoms with Crippen molar-refractivity contribution in [1.29, 1.82) is 0 Å². The summed E-state index contributed by atoms with van der Waals surface area (Å²) in [7, 11) is 0. The van der Waals surface area contributed by atoms with Crippen molar-refractivity contribution in [3.8, 4) is 72.7 Å². The minimum Gasteiger partial charge on any atom is -0.310 e. The number of nitrogens with zero attached hydrogens (tertiary/aromatic N) is 4. The molecule has 3 heterocycles. The molecule has 0 atom stereocenters. The van der Waals surface area contributed by atoms with Crippen molar-refractivity contribution in [1.82, 2.24) is 13.7 Å². The van der Waals surface area contributed by atoms with Crippen LogP contribution in [0.4, 0.5) is 17.1 Å². The second kappa shape index (κ2) is 20.7. The smallest absolute Gasteiger partial charge is 0.0547 e. The Kier molecular flexibility index (Phi) is 11.9. The maximum Gasteiger partial charge on any atom is 0.0547 e. The Bertz CT molecular complexity index is 5690. The van der Waals surface area contributed by atoms with E-state index in [1.165, 1.54) is 132 Å². The Hall–Kier alpha value is -11.7. The first-order valence-corrected chi connectivity index (χ1v) is 31.6. The zero-order valence-corrected chi connectivity index (χ0v) is 50.5. The fourth-order valence-corrected chi connectivity index (χ4v) is 15.0. The standard InChI is InChI=1S/C87H60N4/c1-87(2)79-54-63(62-41-51-85-78(53-62)75-26-14-17-29-83(75)90(85)66-20-8-4-9-21-66)38-47-71(79)72-49-46-70(56-80(72)87)88(69-44-36-60(37-45-69)61-40-50-84-77(52-61)74-25-13-16-28-82(74)89(84)65-18-6-3-7-19-65)68-42-34-58(35-43-68)57-30-32-59(33-31-57)64-39-48-76-73-24-12-15-27-81(73)91(86(76)55-64)67-22-10-5-11-23-67/h3-56H,1-2H3. The van der Waals surface area contributed by atoms with Crippen LogP contribution in [0.2, 0.25) is 0 Å². The lowest BCUT2D eigenvalue weighted by Gasteiger charge is -2.28. The van der Waals surface area contributed by atoms with E-state index in [1.807, 2.05) is 0 Å². The zero-order valence-electron chi connectivity index (χ0n) is 50.5. The molecule has 4 nitrogen and oxygen atoms in total. The summed E-state index contributed by atoms with van der Waals surface area (Å²) >= 11 is 0. The Labute approximate surface area is 528 Å². The average Bonchev–Trinajstić information content (AvgIpc) is 1.63. The van der Waals surface area contributed by atoms with Gasteiger partial charge in [0.15, 0.2) is 0 Å². The first-order valence-electron chi connectivity index (χ1n) is 31.6. The first kappa shape index (κ1) is 52.4. The van der Waals surface area contributed by atoms with Crippen molar-refractivity contribution in [2.75, 3.05) is 4.90 Å². The topological polar surface area (TPSA) is 18.0 Å². The van der Waals surface area contributed by atoms with Gasteiger partial charge in [0.1, 0.15) is 0 Å². The van der Waals surface area contributed by atoms with Gasteiger partial charge in [-0.15, -0.1) is 0 Å². The summed E-state index contributed by atoms with van der Waals surface area (Å²) in [6, 6.07) is 121. The van der Waals surface area contributed by atoms with E-state index in [2.05, 4.69) is 360 Å². The van der Waals surface area contributed by atoms with Crippen LogP contribution in [0.25, 0.3) is 138 Å². The van der Waals surface area contributed by atoms with Crippen molar-refractivity contribution >= 4 is 82.5 Å². The van der Waals surface area contributed by atoms with E-state index < -0.39 is 0 Å². The van der Waals surface area contributed by atoms with Crippen LogP contribution in [0.3, 0.4) is 0 Å². The third-order valence-corrected chi connectivity index (χ3v) is 19.4. The molecule has 0 aliphatic heterocycles. The SMILES string of the molecule is CC1(C)c2cc(-c3ccc4c(c3)c3ccccc3n4-c3ccccc3)ccc2-c2ccc(N(c3ccc(-c4ccc(-c5ccc6c7ccccc7n(-c7ccccc7)c6c5)cc4)cc3)c3ccc(-c4ccc5c(c4)c4ccccc4n5-c4ccccc4)cc3)cc21. The molecule has 0 radical (unpaired) electrons. The number of anilines is 3. The third-order valence-electron chi connectivity index (χ3n) is 19.4. The molecule has 4 heteroatoms. The lowest BCUT2D eigenvalue weighted by atomic mass is 9.81. The molecule has 3 aromatic heterocycles. The van der Waals surface area contributed by atoms with Gasteiger partial charge >= 0.3 is 0 Å². The molecule has 0 amide bonds. The van der Waals surface area contributed by atoms with Gasteiger partial charge in [0, 0.05) is 71.9 Å². The Morgan fingerprint density at radius 2 is 0.527 bits per heavy atom. The molecular formula is C87H60N4. The fraction of sp³-hybridized carbons (Fsp3) is 0.0345. The fourth-order valence-electron chi connectivity index (χ4n) is 15.0. The van der Waals surface area contributed by atoms with E-state index in [-0.39, 0.29) is 5.41 Å². The number of hydrogen-bond donors (Lipinski definition) is 0. The molecule has 0 bridgehead atoms. The molecule has 14 aromatic carbocycles. The van der Waals surface area contributed by atoms with Gasteiger partial charge < -0.3 is 18.6 Å². The number of hydrogen-bond acceptors (Lipinski definition) is 1. The molecule has 1 aliphatic rings. The maximum absolute atomic E-state index is 2.45. The maximum atomic E-state index is 2.45. The van der Waals surface area contributed by atoms with Crippen LogP contribution in [0, 0.1) is 0 Å². The Balaban J connectivity index is 0.701. The molecule has 0 spiro atoms. The van der Waals surface area contributed by atoms with Crippen LogP contribution in [0.15, 0.2) is 328 Å². The van der Waals surface area contributed by atoms with E-state index in [0.29, 0.717) is 0 Å². The van der Waals surface area contributed by atoms with Crippen molar-refractivity contribution in [2.24, 2.45) is 0 Å². The van der Waals surface area contributed by atoms with Gasteiger partial charge in [-0.1, -0.05) is 214 Å². The van der Waals surface area contributed by atoms with Gasteiger partial charge in [-0.3, -0.25) is 0 Å². The van der Waals surface area contributed by atoms with Crippen molar-refractivity contribution in [2.45, 2.75) is 19.3 Å². The van der Waals surface area contributed by atoms with E-state index in [1.54, 1.807) is 0 Å². The van der Waals surface area contributed by atoms with Crippen molar-refractivity contribution < 1.29 is 0 Å².